The Kier molecular flexibility index (Phi) is 4.32. The van der Waals surface area contributed by atoms with Gasteiger partial charge in [-0.2, -0.15) is 4.98 Å². The van der Waals surface area contributed by atoms with Crippen molar-refractivity contribution in [1.82, 2.24) is 14.9 Å². The van der Waals surface area contributed by atoms with Crippen LogP contribution in [0.15, 0.2) is 42.7 Å². The molecule has 0 aliphatic carbocycles. The molecule has 2 aliphatic rings. The molecule has 0 unspecified atom stereocenters. The molecule has 0 N–H and O–H groups in total. The summed E-state index contributed by atoms with van der Waals surface area (Å²) >= 11 is 0. The van der Waals surface area contributed by atoms with E-state index in [1.807, 2.05) is 0 Å². The summed E-state index contributed by atoms with van der Waals surface area (Å²) in [5.41, 5.74) is 1.35. The lowest BCUT2D eigenvalue weighted by Gasteiger charge is -2.36. The predicted molar refractivity (Wildman–Crippen MR) is 91.2 cm³/mol. The Labute approximate surface area is 142 Å². The van der Waals surface area contributed by atoms with Gasteiger partial charge in [-0.15, -0.1) is 0 Å². The molecule has 0 spiro atoms. The van der Waals surface area contributed by atoms with Crippen LogP contribution in [0.25, 0.3) is 0 Å². The summed E-state index contributed by atoms with van der Waals surface area (Å²) < 4.78 is 11.2. The van der Waals surface area contributed by atoms with E-state index in [2.05, 4.69) is 50.1 Å². The van der Waals surface area contributed by atoms with Crippen molar-refractivity contribution in [3.63, 3.8) is 0 Å². The van der Waals surface area contributed by atoms with Gasteiger partial charge in [-0.25, -0.2) is 0 Å². The molecule has 2 saturated heterocycles. The SMILES string of the molecule is COc1cncc(N2C[C@@H]3OCCN(Cc4ccccc4)[C@@H]3C2)n1. The number of nitrogens with zero attached hydrogens (tertiary/aromatic N) is 4. The van der Waals surface area contributed by atoms with Crippen molar-refractivity contribution in [3.05, 3.63) is 48.3 Å². The lowest BCUT2D eigenvalue weighted by atomic mass is 10.1. The lowest BCUT2D eigenvalue weighted by Crippen LogP contribution is -2.50. The zero-order valence-corrected chi connectivity index (χ0v) is 13.8. The molecule has 0 radical (unpaired) electrons. The number of anilines is 1. The first-order chi connectivity index (χ1) is 11.8. The molecule has 24 heavy (non-hydrogen) atoms. The van der Waals surface area contributed by atoms with Crippen molar-refractivity contribution in [2.45, 2.75) is 18.7 Å². The molecule has 126 valence electrons. The summed E-state index contributed by atoms with van der Waals surface area (Å²) in [7, 11) is 1.61. The summed E-state index contributed by atoms with van der Waals surface area (Å²) in [6.45, 7) is 4.46. The Hall–Kier alpha value is -2.18. The zero-order chi connectivity index (χ0) is 16.4. The normalized spacial score (nSPS) is 24.0. The molecule has 4 rings (SSSR count). The molecule has 1 aromatic carbocycles. The first kappa shape index (κ1) is 15.4. The fourth-order valence-electron chi connectivity index (χ4n) is 3.55. The highest BCUT2D eigenvalue weighted by Gasteiger charge is 2.40. The van der Waals surface area contributed by atoms with Crippen LogP contribution < -0.4 is 9.64 Å². The number of aromatic nitrogens is 2. The molecular weight excluding hydrogens is 304 g/mol. The van der Waals surface area contributed by atoms with Gasteiger partial charge >= 0.3 is 0 Å². The Balaban J connectivity index is 1.49. The Morgan fingerprint density at radius 1 is 1.21 bits per heavy atom. The van der Waals surface area contributed by atoms with E-state index in [9.17, 15) is 0 Å². The molecule has 6 heteroatoms. The maximum Gasteiger partial charge on any atom is 0.233 e. The second kappa shape index (κ2) is 6.75. The number of morpholine rings is 1. The Morgan fingerprint density at radius 3 is 2.92 bits per heavy atom. The van der Waals surface area contributed by atoms with E-state index in [0.29, 0.717) is 11.9 Å². The minimum absolute atomic E-state index is 0.218. The number of benzene rings is 1. The van der Waals surface area contributed by atoms with Crippen LogP contribution in [0.4, 0.5) is 5.82 Å². The summed E-state index contributed by atoms with van der Waals surface area (Å²) in [6.07, 6.45) is 3.64. The quantitative estimate of drug-likeness (QED) is 0.850. The summed E-state index contributed by atoms with van der Waals surface area (Å²) in [6, 6.07) is 11.0. The molecule has 0 saturated carbocycles. The molecule has 2 fully saturated rings. The van der Waals surface area contributed by atoms with Crippen LogP contribution >= 0.6 is 0 Å². The van der Waals surface area contributed by atoms with Gasteiger partial charge in [-0.1, -0.05) is 30.3 Å². The smallest absolute Gasteiger partial charge is 0.233 e. The van der Waals surface area contributed by atoms with Crippen molar-refractivity contribution in [2.24, 2.45) is 0 Å². The number of rotatable bonds is 4. The highest BCUT2D eigenvalue weighted by molar-refractivity contribution is 5.40. The molecule has 2 aliphatic heterocycles. The van der Waals surface area contributed by atoms with Gasteiger partial charge in [0.1, 0.15) is 0 Å². The van der Waals surface area contributed by atoms with Crippen LogP contribution in [0.2, 0.25) is 0 Å². The molecular formula is C18H22N4O2. The van der Waals surface area contributed by atoms with Crippen molar-refractivity contribution < 1.29 is 9.47 Å². The van der Waals surface area contributed by atoms with Gasteiger partial charge in [0.15, 0.2) is 5.82 Å². The maximum atomic E-state index is 6.02. The van der Waals surface area contributed by atoms with E-state index in [-0.39, 0.29) is 6.10 Å². The molecule has 6 nitrogen and oxygen atoms in total. The highest BCUT2D eigenvalue weighted by Crippen LogP contribution is 2.27. The van der Waals surface area contributed by atoms with E-state index < -0.39 is 0 Å². The molecule has 0 amide bonds. The van der Waals surface area contributed by atoms with Crippen molar-refractivity contribution in [2.75, 3.05) is 38.3 Å². The number of hydrogen-bond donors (Lipinski definition) is 0. The first-order valence-electron chi connectivity index (χ1n) is 8.34. The van der Waals surface area contributed by atoms with Crippen molar-refractivity contribution in [1.29, 1.82) is 0 Å². The van der Waals surface area contributed by atoms with E-state index in [0.717, 1.165) is 38.6 Å². The van der Waals surface area contributed by atoms with E-state index in [1.54, 1.807) is 19.5 Å². The first-order valence-corrected chi connectivity index (χ1v) is 8.34. The fourth-order valence-corrected chi connectivity index (χ4v) is 3.55. The highest BCUT2D eigenvalue weighted by atomic mass is 16.5. The largest absolute Gasteiger partial charge is 0.480 e. The number of fused-ring (bicyclic) bond motifs is 1. The lowest BCUT2D eigenvalue weighted by molar-refractivity contribution is -0.0499. The van der Waals surface area contributed by atoms with Gasteiger partial charge in [0, 0.05) is 26.2 Å². The van der Waals surface area contributed by atoms with E-state index >= 15 is 0 Å². The third-order valence-electron chi connectivity index (χ3n) is 4.78. The van der Waals surface area contributed by atoms with Crippen LogP contribution in [0.3, 0.4) is 0 Å². The maximum absolute atomic E-state index is 6.02. The second-order valence-electron chi connectivity index (χ2n) is 6.26. The standard InChI is InChI=1S/C18H22N4O2/c1-23-18-10-19-9-17(20-18)22-12-15-16(13-22)24-8-7-21(15)11-14-5-3-2-4-6-14/h2-6,9-10,15-16H,7-8,11-13H2,1H3/t15-,16+/m1/s1. The van der Waals surface area contributed by atoms with Crippen LogP contribution in [0.5, 0.6) is 5.88 Å². The van der Waals surface area contributed by atoms with Crippen LogP contribution in [-0.4, -0.2) is 60.4 Å². The number of ether oxygens (including phenoxy) is 2. The Bertz CT molecular complexity index is 682. The topological polar surface area (TPSA) is 50.7 Å². The monoisotopic (exact) mass is 326 g/mol. The van der Waals surface area contributed by atoms with Gasteiger partial charge in [-0.05, 0) is 5.56 Å². The van der Waals surface area contributed by atoms with Gasteiger partial charge in [0.25, 0.3) is 0 Å². The minimum Gasteiger partial charge on any atom is -0.480 e. The average molecular weight is 326 g/mol. The second-order valence-corrected chi connectivity index (χ2v) is 6.26. The average Bonchev–Trinajstić information content (AvgIpc) is 3.08. The van der Waals surface area contributed by atoms with E-state index in [4.69, 9.17) is 9.47 Å². The van der Waals surface area contributed by atoms with Crippen molar-refractivity contribution in [3.8, 4) is 5.88 Å². The van der Waals surface area contributed by atoms with Crippen LogP contribution in [0.1, 0.15) is 5.56 Å². The molecule has 0 bridgehead atoms. The minimum atomic E-state index is 0.218. The van der Waals surface area contributed by atoms with Gasteiger partial charge in [0.05, 0.1) is 38.3 Å². The van der Waals surface area contributed by atoms with Gasteiger partial charge in [-0.3, -0.25) is 9.88 Å². The zero-order valence-electron chi connectivity index (χ0n) is 13.8. The van der Waals surface area contributed by atoms with Gasteiger partial charge < -0.3 is 14.4 Å². The van der Waals surface area contributed by atoms with Crippen molar-refractivity contribution >= 4 is 5.82 Å². The summed E-state index contributed by atoms with van der Waals surface area (Å²) in [4.78, 5) is 13.5. The Morgan fingerprint density at radius 2 is 2.08 bits per heavy atom. The summed E-state index contributed by atoms with van der Waals surface area (Å²) in [5, 5.41) is 0. The summed E-state index contributed by atoms with van der Waals surface area (Å²) in [5.74, 6) is 1.40. The molecule has 2 atom stereocenters. The molecule has 3 heterocycles. The van der Waals surface area contributed by atoms with Gasteiger partial charge in [0.2, 0.25) is 5.88 Å². The third kappa shape index (κ3) is 3.07. The predicted octanol–water partition coefficient (Wildman–Crippen LogP) is 1.57. The van der Waals surface area contributed by atoms with E-state index in [1.165, 1.54) is 5.56 Å². The number of methoxy groups -OCH3 is 1. The van der Waals surface area contributed by atoms with Crippen LogP contribution in [0, 0.1) is 0 Å². The molecule has 1 aromatic heterocycles. The van der Waals surface area contributed by atoms with Crippen LogP contribution in [-0.2, 0) is 11.3 Å². The fraction of sp³-hybridized carbons (Fsp3) is 0.444. The molecule has 2 aromatic rings. The number of hydrogen-bond acceptors (Lipinski definition) is 6. The third-order valence-corrected chi connectivity index (χ3v) is 4.78.